The molecule has 1 rings (SSSR count). The van der Waals surface area contributed by atoms with E-state index in [9.17, 15) is 9.59 Å². The van der Waals surface area contributed by atoms with Gasteiger partial charge in [-0.3, -0.25) is 4.79 Å². The Balaban J connectivity index is 0.00000144. The van der Waals surface area contributed by atoms with Gasteiger partial charge in [0.25, 0.3) is 0 Å². The second kappa shape index (κ2) is 6.58. The number of hydrogen-bond acceptors (Lipinski definition) is 3. The molecule has 68 valence electrons. The predicted octanol–water partition coefficient (Wildman–Crippen LogP) is -0.412. The molecule has 0 unspecified atom stereocenters. The molecule has 0 aliphatic carbocycles. The van der Waals surface area contributed by atoms with E-state index in [2.05, 4.69) is 4.84 Å². The molecule has 0 saturated heterocycles. The molecule has 0 saturated carbocycles. The molecular weight excluding hydrogens is 365 g/mol. The number of rotatable bonds is 3. The maximum absolute atomic E-state index is 11.0. The minimum absolute atomic E-state index is 0. The van der Waals surface area contributed by atoms with Crippen molar-refractivity contribution >= 4 is 39.7 Å². The van der Waals surface area contributed by atoms with Crippen LogP contribution in [0.2, 0.25) is 0 Å². The van der Waals surface area contributed by atoms with Gasteiger partial charge in [-0.15, -0.1) is 0 Å². The summed E-state index contributed by atoms with van der Waals surface area (Å²) in [4.78, 5) is 25.0. The quantitative estimate of drug-likeness (QED) is 0.445. The molecular formula is C8H9NO3Pb. The van der Waals surface area contributed by atoms with Crippen LogP contribution in [0.1, 0.15) is 10.4 Å². The van der Waals surface area contributed by atoms with Crippen molar-refractivity contribution in [3.05, 3.63) is 35.9 Å². The number of carbonyl (C=O) groups is 2. The Labute approximate surface area is 95.4 Å². The van der Waals surface area contributed by atoms with Crippen LogP contribution in [-0.4, -0.2) is 39.7 Å². The first-order chi connectivity index (χ1) is 5.84. The molecule has 0 aliphatic heterocycles. The first-order valence-electron chi connectivity index (χ1n) is 3.30. The Bertz CT molecular complexity index is 276. The van der Waals surface area contributed by atoms with E-state index in [1.807, 2.05) is 5.48 Å². The molecule has 1 aromatic carbocycles. The van der Waals surface area contributed by atoms with E-state index in [1.54, 1.807) is 30.3 Å². The topological polar surface area (TPSA) is 55.4 Å². The second-order valence-corrected chi connectivity index (χ2v) is 1.99. The zero-order valence-corrected chi connectivity index (χ0v) is 12.4. The fraction of sp³-hybridized carbons (Fsp3) is 0. The monoisotopic (exact) mass is 375 g/mol. The zero-order chi connectivity index (χ0) is 8.81. The molecule has 0 bridgehead atoms. The number of carbonyl (C=O) groups excluding carboxylic acids is 2. The van der Waals surface area contributed by atoms with E-state index in [4.69, 9.17) is 0 Å². The summed E-state index contributed by atoms with van der Waals surface area (Å²) in [6, 6.07) is 8.38. The SMILES string of the molecule is O=CNOC(=O)c1ccccc1.[PbH2]. The average Bonchev–Trinajstić information content (AvgIpc) is 2.15. The summed E-state index contributed by atoms with van der Waals surface area (Å²) in [6.07, 6.45) is 0.292. The fourth-order valence-corrected chi connectivity index (χ4v) is 0.711. The molecule has 0 atom stereocenters. The number of hydrogen-bond donors (Lipinski definition) is 1. The molecule has 0 aromatic heterocycles. The summed E-state index contributed by atoms with van der Waals surface area (Å²) in [5, 5.41) is 0. The van der Waals surface area contributed by atoms with Gasteiger partial charge in [-0.05, 0) is 12.1 Å². The summed E-state index contributed by atoms with van der Waals surface area (Å²) in [5.74, 6) is -0.581. The summed E-state index contributed by atoms with van der Waals surface area (Å²) in [7, 11) is 0. The molecule has 1 N–H and O–H groups in total. The minimum atomic E-state index is -0.581. The van der Waals surface area contributed by atoms with Crippen LogP contribution in [0.4, 0.5) is 0 Å². The third-order valence-electron chi connectivity index (χ3n) is 1.21. The Morgan fingerprint density at radius 2 is 1.92 bits per heavy atom. The van der Waals surface area contributed by atoms with E-state index in [0.29, 0.717) is 12.0 Å². The molecule has 4 nitrogen and oxygen atoms in total. The van der Waals surface area contributed by atoms with Crippen molar-refractivity contribution in [2.75, 3.05) is 0 Å². The van der Waals surface area contributed by atoms with Crippen molar-refractivity contribution in [1.29, 1.82) is 0 Å². The van der Waals surface area contributed by atoms with E-state index < -0.39 is 5.97 Å². The molecule has 0 heterocycles. The van der Waals surface area contributed by atoms with E-state index in [-0.39, 0.29) is 27.3 Å². The first-order valence-corrected chi connectivity index (χ1v) is 3.30. The summed E-state index contributed by atoms with van der Waals surface area (Å²) in [5.41, 5.74) is 2.21. The molecule has 1 amide bonds. The number of hydroxylamine groups is 1. The second-order valence-electron chi connectivity index (χ2n) is 1.99. The standard InChI is InChI=1S/C8H7NO3.Pb.2H/c10-6-9-12-8(11)7-4-2-1-3-5-7;;;/h1-6H,(H,9,10);;;. The third-order valence-corrected chi connectivity index (χ3v) is 1.21. The van der Waals surface area contributed by atoms with Crippen LogP contribution in [0.15, 0.2) is 30.3 Å². The van der Waals surface area contributed by atoms with Gasteiger partial charge in [-0.25, -0.2) is 4.79 Å². The van der Waals surface area contributed by atoms with Crippen molar-refractivity contribution in [2.24, 2.45) is 0 Å². The molecule has 2 radical (unpaired) electrons. The molecule has 13 heavy (non-hydrogen) atoms. The van der Waals surface area contributed by atoms with Gasteiger partial charge in [0, 0.05) is 0 Å². The van der Waals surface area contributed by atoms with E-state index >= 15 is 0 Å². The molecule has 0 spiro atoms. The number of benzene rings is 1. The summed E-state index contributed by atoms with van der Waals surface area (Å²) < 4.78 is 0. The van der Waals surface area contributed by atoms with Crippen LogP contribution in [0, 0.1) is 0 Å². The summed E-state index contributed by atoms with van der Waals surface area (Å²) in [6.45, 7) is 0. The van der Waals surface area contributed by atoms with E-state index in [0.717, 1.165) is 0 Å². The molecule has 0 aliphatic rings. The van der Waals surface area contributed by atoms with Crippen molar-refractivity contribution in [2.45, 2.75) is 0 Å². The van der Waals surface area contributed by atoms with E-state index in [1.165, 1.54) is 0 Å². The predicted molar refractivity (Wildman–Crippen MR) is 49.6 cm³/mol. The van der Waals surface area contributed by atoms with Gasteiger partial charge in [0.05, 0.1) is 5.56 Å². The van der Waals surface area contributed by atoms with Crippen LogP contribution in [-0.2, 0) is 9.63 Å². The van der Waals surface area contributed by atoms with Gasteiger partial charge in [-0.2, -0.15) is 5.48 Å². The normalized spacial score (nSPS) is 8.00. The fourth-order valence-electron chi connectivity index (χ4n) is 0.711. The maximum atomic E-state index is 11.0. The van der Waals surface area contributed by atoms with Crippen molar-refractivity contribution in [3.63, 3.8) is 0 Å². The van der Waals surface area contributed by atoms with Gasteiger partial charge in [0.1, 0.15) is 0 Å². The van der Waals surface area contributed by atoms with Gasteiger partial charge >= 0.3 is 33.3 Å². The van der Waals surface area contributed by atoms with Gasteiger partial charge < -0.3 is 4.84 Å². The first kappa shape index (κ1) is 12.1. The Morgan fingerprint density at radius 3 is 2.46 bits per heavy atom. The Kier molecular flexibility index (Phi) is 6.12. The third kappa shape index (κ3) is 4.02. The number of amides is 1. The zero-order valence-electron chi connectivity index (χ0n) is 6.90. The molecule has 0 fully saturated rings. The van der Waals surface area contributed by atoms with Crippen LogP contribution in [0.25, 0.3) is 0 Å². The van der Waals surface area contributed by atoms with Gasteiger partial charge in [0.15, 0.2) is 0 Å². The van der Waals surface area contributed by atoms with Crippen molar-refractivity contribution < 1.29 is 14.4 Å². The van der Waals surface area contributed by atoms with Crippen LogP contribution < -0.4 is 5.48 Å². The Hall–Kier alpha value is -0.918. The number of nitrogens with one attached hydrogen (secondary N) is 1. The van der Waals surface area contributed by atoms with Gasteiger partial charge in [0.2, 0.25) is 6.41 Å². The van der Waals surface area contributed by atoms with Crippen molar-refractivity contribution in [1.82, 2.24) is 5.48 Å². The molecule has 1 aromatic rings. The van der Waals surface area contributed by atoms with Crippen molar-refractivity contribution in [3.8, 4) is 0 Å². The summed E-state index contributed by atoms with van der Waals surface area (Å²) >= 11 is 0. The van der Waals surface area contributed by atoms with Crippen LogP contribution >= 0.6 is 0 Å². The average molecular weight is 374 g/mol. The Morgan fingerprint density at radius 1 is 1.31 bits per heavy atom. The van der Waals surface area contributed by atoms with Crippen LogP contribution in [0.3, 0.4) is 0 Å². The van der Waals surface area contributed by atoms with Gasteiger partial charge in [-0.1, -0.05) is 18.2 Å². The molecule has 5 heteroatoms. The van der Waals surface area contributed by atoms with Crippen LogP contribution in [0.5, 0.6) is 0 Å².